The summed E-state index contributed by atoms with van der Waals surface area (Å²) in [5.74, 6) is -0.307. The number of esters is 1. The van der Waals surface area contributed by atoms with Crippen LogP contribution in [0.2, 0.25) is 0 Å². The Morgan fingerprint density at radius 3 is 2.22 bits per heavy atom. The van der Waals surface area contributed by atoms with Crippen LogP contribution in [0.15, 0.2) is 24.3 Å². The van der Waals surface area contributed by atoms with Crippen molar-refractivity contribution < 1.29 is 13.9 Å². The SMILES string of the molecule is O=C1O[C@@H](c2ccc(F)cc2)C12CCCCCC2. The second-order valence-electron chi connectivity index (χ2n) is 5.41. The van der Waals surface area contributed by atoms with Crippen molar-refractivity contribution in [2.75, 3.05) is 0 Å². The molecule has 1 heterocycles. The summed E-state index contributed by atoms with van der Waals surface area (Å²) in [5.41, 5.74) is 0.604. The van der Waals surface area contributed by atoms with Crippen LogP contribution in [0.4, 0.5) is 4.39 Å². The fraction of sp³-hybridized carbons (Fsp3) is 0.533. The van der Waals surface area contributed by atoms with E-state index in [9.17, 15) is 9.18 Å². The van der Waals surface area contributed by atoms with Gasteiger partial charge in [0.25, 0.3) is 0 Å². The van der Waals surface area contributed by atoms with E-state index in [2.05, 4.69) is 0 Å². The summed E-state index contributed by atoms with van der Waals surface area (Å²) in [5, 5.41) is 0. The van der Waals surface area contributed by atoms with Crippen molar-refractivity contribution in [1.29, 1.82) is 0 Å². The van der Waals surface area contributed by atoms with E-state index in [-0.39, 0.29) is 23.3 Å². The fourth-order valence-corrected chi connectivity index (χ4v) is 3.24. The lowest BCUT2D eigenvalue weighted by Gasteiger charge is -2.46. The molecule has 1 aromatic carbocycles. The van der Waals surface area contributed by atoms with Crippen molar-refractivity contribution in [2.24, 2.45) is 5.41 Å². The molecule has 1 spiro atoms. The van der Waals surface area contributed by atoms with Gasteiger partial charge in [0.1, 0.15) is 17.3 Å². The van der Waals surface area contributed by atoms with Crippen LogP contribution in [0.5, 0.6) is 0 Å². The summed E-state index contributed by atoms with van der Waals surface area (Å²) < 4.78 is 18.3. The zero-order valence-corrected chi connectivity index (χ0v) is 10.3. The molecule has 3 rings (SSSR count). The number of ether oxygens (including phenoxy) is 1. The maximum Gasteiger partial charge on any atom is 0.316 e. The summed E-state index contributed by atoms with van der Waals surface area (Å²) in [6, 6.07) is 6.34. The highest BCUT2D eigenvalue weighted by Crippen LogP contribution is 2.55. The third-order valence-corrected chi connectivity index (χ3v) is 4.30. The smallest absolute Gasteiger partial charge is 0.316 e. The number of carbonyl (C=O) groups excluding carboxylic acids is 1. The van der Waals surface area contributed by atoms with E-state index in [4.69, 9.17) is 4.74 Å². The van der Waals surface area contributed by atoms with Gasteiger partial charge in [-0.15, -0.1) is 0 Å². The van der Waals surface area contributed by atoms with Gasteiger partial charge < -0.3 is 4.74 Å². The standard InChI is InChI=1S/C15H17FO2/c16-12-7-5-11(6-8-12)13-15(14(17)18-13)9-3-1-2-4-10-15/h5-8,13H,1-4,9-10H2/t13-/m0/s1. The van der Waals surface area contributed by atoms with E-state index in [0.29, 0.717) is 0 Å². The Bertz CT molecular complexity index is 444. The molecular formula is C15H17FO2. The van der Waals surface area contributed by atoms with Gasteiger partial charge in [0, 0.05) is 0 Å². The number of hydrogen-bond acceptors (Lipinski definition) is 2. The van der Waals surface area contributed by atoms with Gasteiger partial charge in [0.05, 0.1) is 0 Å². The largest absolute Gasteiger partial charge is 0.456 e. The van der Waals surface area contributed by atoms with Gasteiger partial charge in [0.2, 0.25) is 0 Å². The monoisotopic (exact) mass is 248 g/mol. The normalized spacial score (nSPS) is 26.3. The Morgan fingerprint density at radius 2 is 1.67 bits per heavy atom. The van der Waals surface area contributed by atoms with Crippen molar-refractivity contribution in [2.45, 2.75) is 44.6 Å². The zero-order valence-electron chi connectivity index (χ0n) is 10.3. The molecule has 0 N–H and O–H groups in total. The van der Waals surface area contributed by atoms with Crippen molar-refractivity contribution in [3.8, 4) is 0 Å². The first-order chi connectivity index (χ1) is 8.72. The first-order valence-corrected chi connectivity index (χ1v) is 6.69. The highest BCUT2D eigenvalue weighted by molar-refractivity contribution is 5.83. The Balaban J connectivity index is 1.88. The number of benzene rings is 1. The molecule has 0 amide bonds. The number of cyclic esters (lactones) is 1. The highest BCUT2D eigenvalue weighted by Gasteiger charge is 2.57. The van der Waals surface area contributed by atoms with E-state index >= 15 is 0 Å². The van der Waals surface area contributed by atoms with Crippen LogP contribution in [0, 0.1) is 11.2 Å². The fourth-order valence-electron chi connectivity index (χ4n) is 3.24. The molecule has 0 unspecified atom stereocenters. The zero-order chi connectivity index (χ0) is 12.6. The van der Waals surface area contributed by atoms with E-state index in [1.165, 1.54) is 25.0 Å². The van der Waals surface area contributed by atoms with Crippen molar-refractivity contribution >= 4 is 5.97 Å². The van der Waals surface area contributed by atoms with Crippen LogP contribution in [-0.2, 0) is 9.53 Å². The molecule has 0 radical (unpaired) electrons. The van der Waals surface area contributed by atoms with E-state index in [0.717, 1.165) is 31.2 Å². The molecule has 2 fully saturated rings. The van der Waals surface area contributed by atoms with Crippen LogP contribution >= 0.6 is 0 Å². The summed E-state index contributed by atoms with van der Waals surface area (Å²) in [4.78, 5) is 11.9. The predicted octanol–water partition coefficient (Wildman–Crippen LogP) is 3.76. The Morgan fingerprint density at radius 1 is 1.06 bits per heavy atom. The maximum absolute atomic E-state index is 12.9. The van der Waals surface area contributed by atoms with Crippen molar-refractivity contribution in [3.63, 3.8) is 0 Å². The molecule has 96 valence electrons. The molecule has 3 heteroatoms. The predicted molar refractivity (Wildman–Crippen MR) is 65.4 cm³/mol. The highest BCUT2D eigenvalue weighted by atomic mass is 19.1. The molecule has 1 saturated heterocycles. The van der Waals surface area contributed by atoms with E-state index in [1.54, 1.807) is 12.1 Å². The molecule has 1 aromatic rings. The van der Waals surface area contributed by atoms with Gasteiger partial charge in [-0.3, -0.25) is 4.79 Å². The summed E-state index contributed by atoms with van der Waals surface area (Å²) in [6.45, 7) is 0. The summed E-state index contributed by atoms with van der Waals surface area (Å²) in [7, 11) is 0. The minimum atomic E-state index is -0.325. The van der Waals surface area contributed by atoms with Crippen molar-refractivity contribution in [3.05, 3.63) is 35.6 Å². The molecule has 2 aliphatic rings. The van der Waals surface area contributed by atoms with Gasteiger partial charge in [0.15, 0.2) is 0 Å². The lowest BCUT2D eigenvalue weighted by molar-refractivity contribution is -0.211. The van der Waals surface area contributed by atoms with Gasteiger partial charge in [-0.25, -0.2) is 4.39 Å². The van der Waals surface area contributed by atoms with Crippen LogP contribution < -0.4 is 0 Å². The third kappa shape index (κ3) is 1.73. The number of hydrogen-bond donors (Lipinski definition) is 0. The second-order valence-corrected chi connectivity index (χ2v) is 5.41. The average molecular weight is 248 g/mol. The second kappa shape index (κ2) is 4.38. The number of carbonyl (C=O) groups is 1. The number of rotatable bonds is 1. The summed E-state index contributed by atoms with van der Waals surface area (Å²) >= 11 is 0. The van der Waals surface area contributed by atoms with Gasteiger partial charge in [-0.2, -0.15) is 0 Å². The molecule has 1 saturated carbocycles. The lowest BCUT2D eigenvalue weighted by Crippen LogP contribution is -2.50. The van der Waals surface area contributed by atoms with E-state index in [1.807, 2.05) is 0 Å². The minimum Gasteiger partial charge on any atom is -0.456 e. The van der Waals surface area contributed by atoms with Crippen LogP contribution in [-0.4, -0.2) is 5.97 Å². The van der Waals surface area contributed by atoms with Gasteiger partial charge in [-0.1, -0.05) is 37.8 Å². The molecule has 0 bridgehead atoms. The molecule has 18 heavy (non-hydrogen) atoms. The topological polar surface area (TPSA) is 26.3 Å². The molecule has 2 nitrogen and oxygen atoms in total. The first-order valence-electron chi connectivity index (χ1n) is 6.69. The van der Waals surface area contributed by atoms with Gasteiger partial charge in [-0.05, 0) is 30.5 Å². The Kier molecular flexibility index (Phi) is 2.84. The summed E-state index contributed by atoms with van der Waals surface area (Å²) in [6.07, 6.45) is 6.24. The van der Waals surface area contributed by atoms with Gasteiger partial charge >= 0.3 is 5.97 Å². The van der Waals surface area contributed by atoms with Crippen LogP contribution in [0.25, 0.3) is 0 Å². The molecule has 1 aliphatic heterocycles. The third-order valence-electron chi connectivity index (χ3n) is 4.30. The maximum atomic E-state index is 12.9. The van der Waals surface area contributed by atoms with Crippen molar-refractivity contribution in [1.82, 2.24) is 0 Å². The molecular weight excluding hydrogens is 231 g/mol. The lowest BCUT2D eigenvalue weighted by atomic mass is 9.69. The Labute approximate surface area is 106 Å². The van der Waals surface area contributed by atoms with Crippen LogP contribution in [0.1, 0.15) is 50.2 Å². The Hall–Kier alpha value is -1.38. The minimum absolute atomic E-state index is 0.0567. The molecule has 1 atom stereocenters. The first kappa shape index (κ1) is 11.7. The number of halogens is 1. The molecule has 0 aromatic heterocycles. The van der Waals surface area contributed by atoms with Crippen LogP contribution in [0.3, 0.4) is 0 Å². The quantitative estimate of drug-likeness (QED) is 0.707. The van der Waals surface area contributed by atoms with E-state index < -0.39 is 0 Å². The molecule has 1 aliphatic carbocycles. The average Bonchev–Trinajstić information content (AvgIpc) is 2.65.